The number of likely N-dealkylation sites (tertiary alicyclic amines) is 1. The highest BCUT2D eigenvalue weighted by molar-refractivity contribution is 9.10. The molecular weight excluding hydrogens is 308 g/mol. The van der Waals surface area contributed by atoms with Gasteiger partial charge in [0.05, 0.1) is 5.52 Å². The van der Waals surface area contributed by atoms with Crippen LogP contribution >= 0.6 is 15.9 Å². The number of aryl methyl sites for hydroxylation is 1. The van der Waals surface area contributed by atoms with Crippen LogP contribution in [0.4, 0.5) is 0 Å². The van der Waals surface area contributed by atoms with E-state index in [-0.39, 0.29) is 5.91 Å². The van der Waals surface area contributed by atoms with Crippen molar-refractivity contribution in [3.8, 4) is 0 Å². The van der Waals surface area contributed by atoms with Gasteiger partial charge in [0.1, 0.15) is 5.69 Å². The normalized spacial score (nSPS) is 20.2. The van der Waals surface area contributed by atoms with Crippen molar-refractivity contribution in [3.05, 3.63) is 22.5 Å². The Hall–Kier alpha value is -1.23. The zero-order chi connectivity index (χ0) is 13.6. The summed E-state index contributed by atoms with van der Waals surface area (Å²) < 4.78 is 8.12. The molecule has 1 fully saturated rings. The molecule has 19 heavy (non-hydrogen) atoms. The molecule has 1 aliphatic rings. The van der Waals surface area contributed by atoms with Crippen LogP contribution in [-0.2, 0) is 7.05 Å². The van der Waals surface area contributed by atoms with E-state index in [1.807, 2.05) is 28.6 Å². The van der Waals surface area contributed by atoms with E-state index in [0.29, 0.717) is 16.4 Å². The van der Waals surface area contributed by atoms with Gasteiger partial charge in [0.15, 0.2) is 10.3 Å². The molecule has 1 saturated heterocycles. The molecule has 0 aromatic carbocycles. The minimum Gasteiger partial charge on any atom is -0.448 e. The summed E-state index contributed by atoms with van der Waals surface area (Å²) in [5.41, 5.74) is 2.40. The topological polar surface area (TPSA) is 38.4 Å². The fraction of sp³-hybridized carbons (Fsp3) is 0.500. The Morgan fingerprint density at radius 3 is 2.89 bits per heavy atom. The summed E-state index contributed by atoms with van der Waals surface area (Å²) in [5, 5.41) is 0. The Labute approximate surface area is 120 Å². The van der Waals surface area contributed by atoms with Crippen LogP contribution in [0.2, 0.25) is 0 Å². The highest BCUT2D eigenvalue weighted by Crippen LogP contribution is 2.28. The van der Waals surface area contributed by atoms with Gasteiger partial charge in [-0.1, -0.05) is 0 Å². The molecule has 5 heteroatoms. The number of carbonyl (C=O) groups excluding carboxylic acids is 1. The van der Waals surface area contributed by atoms with Gasteiger partial charge in [-0.2, -0.15) is 0 Å². The Morgan fingerprint density at radius 2 is 2.21 bits per heavy atom. The lowest BCUT2D eigenvalue weighted by Crippen LogP contribution is -2.42. The quantitative estimate of drug-likeness (QED) is 0.804. The highest BCUT2D eigenvalue weighted by atomic mass is 79.9. The minimum absolute atomic E-state index is 0.109. The number of halogens is 1. The number of hydrogen-bond donors (Lipinski definition) is 0. The number of piperidine rings is 1. The zero-order valence-electron chi connectivity index (χ0n) is 11.1. The molecule has 0 saturated carbocycles. The molecule has 0 radical (unpaired) electrons. The molecule has 0 aliphatic carbocycles. The van der Waals surface area contributed by atoms with Crippen LogP contribution in [0.3, 0.4) is 0 Å². The maximum absolute atomic E-state index is 12.6. The van der Waals surface area contributed by atoms with E-state index in [9.17, 15) is 4.79 Å². The lowest BCUT2D eigenvalue weighted by Gasteiger charge is -2.33. The predicted octanol–water partition coefficient (Wildman–Crippen LogP) is 3.55. The predicted molar refractivity (Wildman–Crippen MR) is 77.2 cm³/mol. The van der Waals surface area contributed by atoms with Crippen molar-refractivity contribution in [2.75, 3.05) is 6.54 Å². The van der Waals surface area contributed by atoms with Gasteiger partial charge in [-0.15, -0.1) is 0 Å². The largest absolute Gasteiger partial charge is 0.448 e. The van der Waals surface area contributed by atoms with Gasteiger partial charge in [0.2, 0.25) is 0 Å². The maximum Gasteiger partial charge on any atom is 0.270 e. The number of rotatable bonds is 1. The molecular formula is C14H17BrN2O2. The summed E-state index contributed by atoms with van der Waals surface area (Å²) in [6.07, 6.45) is 3.41. The number of aromatic nitrogens is 1. The summed E-state index contributed by atoms with van der Waals surface area (Å²) in [6.45, 7) is 2.98. The number of amides is 1. The third-order valence-corrected chi connectivity index (χ3v) is 4.37. The van der Waals surface area contributed by atoms with Crippen LogP contribution in [0.5, 0.6) is 0 Å². The van der Waals surface area contributed by atoms with Crippen LogP contribution in [0.25, 0.3) is 11.1 Å². The minimum atomic E-state index is 0.109. The van der Waals surface area contributed by atoms with Crippen molar-refractivity contribution in [3.63, 3.8) is 0 Å². The molecule has 0 bridgehead atoms. The molecule has 3 heterocycles. The lowest BCUT2D eigenvalue weighted by atomic mass is 10.0. The molecule has 1 atom stereocenters. The average molecular weight is 325 g/mol. The van der Waals surface area contributed by atoms with Gasteiger partial charge in [-0.3, -0.25) is 4.79 Å². The van der Waals surface area contributed by atoms with E-state index in [1.54, 1.807) is 0 Å². The molecule has 0 spiro atoms. The number of furan rings is 1. The third kappa shape index (κ3) is 2.10. The second kappa shape index (κ2) is 4.71. The van der Waals surface area contributed by atoms with Gasteiger partial charge in [0.25, 0.3) is 5.91 Å². The summed E-state index contributed by atoms with van der Waals surface area (Å²) in [5.74, 6) is 0.109. The third-order valence-electron chi connectivity index (χ3n) is 3.98. The fourth-order valence-electron chi connectivity index (χ4n) is 2.83. The van der Waals surface area contributed by atoms with Crippen molar-refractivity contribution >= 4 is 32.9 Å². The van der Waals surface area contributed by atoms with Crippen molar-refractivity contribution in [2.24, 2.45) is 7.05 Å². The van der Waals surface area contributed by atoms with E-state index in [4.69, 9.17) is 4.42 Å². The molecule has 4 nitrogen and oxygen atoms in total. The molecule has 1 aliphatic heterocycles. The van der Waals surface area contributed by atoms with E-state index < -0.39 is 0 Å². The van der Waals surface area contributed by atoms with Crippen molar-refractivity contribution in [2.45, 2.75) is 32.2 Å². The standard InChI is InChI=1S/C14H17BrN2O2/c1-9-5-3-4-6-17(9)14(18)11-7-12-10(16(11)2)8-13(15)19-12/h7-9H,3-6H2,1-2H3. The molecule has 2 aromatic rings. The second-order valence-corrected chi connectivity index (χ2v) is 6.01. The van der Waals surface area contributed by atoms with Crippen LogP contribution in [0, 0.1) is 0 Å². The van der Waals surface area contributed by atoms with Gasteiger partial charge >= 0.3 is 0 Å². The molecule has 0 N–H and O–H groups in total. The van der Waals surface area contributed by atoms with E-state index in [2.05, 4.69) is 22.9 Å². The SMILES string of the molecule is CC1CCCCN1C(=O)c1cc2oc(Br)cc2n1C. The summed E-state index contributed by atoms with van der Waals surface area (Å²) in [4.78, 5) is 14.6. The maximum atomic E-state index is 12.6. The summed E-state index contributed by atoms with van der Waals surface area (Å²) in [6, 6.07) is 4.06. The smallest absolute Gasteiger partial charge is 0.270 e. The monoisotopic (exact) mass is 324 g/mol. The van der Waals surface area contributed by atoms with E-state index >= 15 is 0 Å². The first-order valence-corrected chi connectivity index (χ1v) is 7.43. The number of nitrogens with zero attached hydrogens (tertiary/aromatic N) is 2. The Bertz CT molecular complexity index is 629. The zero-order valence-corrected chi connectivity index (χ0v) is 12.7. The lowest BCUT2D eigenvalue weighted by molar-refractivity contribution is 0.0626. The molecule has 1 unspecified atom stereocenters. The molecule has 1 amide bonds. The highest BCUT2D eigenvalue weighted by Gasteiger charge is 2.27. The molecule has 2 aromatic heterocycles. The summed E-state index contributed by atoms with van der Waals surface area (Å²) >= 11 is 3.31. The van der Waals surface area contributed by atoms with E-state index in [0.717, 1.165) is 30.5 Å². The van der Waals surface area contributed by atoms with Crippen molar-refractivity contribution in [1.82, 2.24) is 9.47 Å². The van der Waals surface area contributed by atoms with Gasteiger partial charge in [-0.25, -0.2) is 0 Å². The van der Waals surface area contributed by atoms with E-state index in [1.165, 1.54) is 6.42 Å². The Kier molecular flexibility index (Phi) is 3.17. The van der Waals surface area contributed by atoms with Crippen molar-refractivity contribution in [1.29, 1.82) is 0 Å². The first-order valence-electron chi connectivity index (χ1n) is 6.63. The first kappa shape index (κ1) is 12.8. The number of carbonyl (C=O) groups is 1. The van der Waals surface area contributed by atoms with Crippen LogP contribution < -0.4 is 0 Å². The first-order chi connectivity index (χ1) is 9.08. The number of hydrogen-bond acceptors (Lipinski definition) is 2. The van der Waals surface area contributed by atoms with Crippen LogP contribution in [0.15, 0.2) is 21.2 Å². The average Bonchev–Trinajstić information content (AvgIpc) is 2.88. The van der Waals surface area contributed by atoms with Crippen LogP contribution in [-0.4, -0.2) is 28.0 Å². The Morgan fingerprint density at radius 1 is 1.42 bits per heavy atom. The molecule has 102 valence electrons. The van der Waals surface area contributed by atoms with Gasteiger partial charge in [-0.05, 0) is 42.1 Å². The van der Waals surface area contributed by atoms with Crippen LogP contribution in [0.1, 0.15) is 36.7 Å². The second-order valence-electron chi connectivity index (χ2n) is 5.23. The number of fused-ring (bicyclic) bond motifs is 1. The Balaban J connectivity index is 1.96. The van der Waals surface area contributed by atoms with Crippen molar-refractivity contribution < 1.29 is 9.21 Å². The summed E-state index contributed by atoms with van der Waals surface area (Å²) in [7, 11) is 1.91. The van der Waals surface area contributed by atoms with Gasteiger partial charge in [0, 0.05) is 31.8 Å². The van der Waals surface area contributed by atoms with Gasteiger partial charge < -0.3 is 13.9 Å². The fourth-order valence-corrected chi connectivity index (χ4v) is 3.23. The molecule has 3 rings (SSSR count).